The Morgan fingerprint density at radius 3 is 2.64 bits per heavy atom. The third kappa shape index (κ3) is 3.33. The standard InChI is InChI=1S/C25H25N5O3/c1-27-13-15-11-14-5-3-4-6-17(14)22(15)29(2)16-7-8-18-19(12-16)25(33)30(24(18)32)20-9-10-21(26)28-23(20)31/h3-8,12-13,15,20,22H,9-11H2,1-2H3,(H2,26,28,31)/t15?,20?,22-/m1/s1. The lowest BCUT2D eigenvalue weighted by atomic mass is 9.99. The van der Waals surface area contributed by atoms with Gasteiger partial charge in [0.05, 0.1) is 23.0 Å². The van der Waals surface area contributed by atoms with Crippen LogP contribution in [0.5, 0.6) is 0 Å². The Kier molecular flexibility index (Phi) is 5.08. The van der Waals surface area contributed by atoms with Crippen LogP contribution in [0.1, 0.15) is 50.7 Å². The average molecular weight is 444 g/mol. The average Bonchev–Trinajstić information content (AvgIpc) is 3.28. The van der Waals surface area contributed by atoms with Crippen LogP contribution in [0.3, 0.4) is 0 Å². The number of carbonyl (C=O) groups excluding carboxylic acids is 3. The normalized spacial score (nSPS) is 24.3. The highest BCUT2D eigenvalue weighted by atomic mass is 16.2. The van der Waals surface area contributed by atoms with E-state index in [2.05, 4.69) is 27.3 Å². The maximum atomic E-state index is 13.2. The molecule has 1 fully saturated rings. The van der Waals surface area contributed by atoms with Crippen molar-refractivity contribution in [2.45, 2.75) is 31.3 Å². The highest BCUT2D eigenvalue weighted by Crippen LogP contribution is 2.41. The van der Waals surface area contributed by atoms with Crippen molar-refractivity contribution in [1.82, 2.24) is 10.2 Å². The summed E-state index contributed by atoms with van der Waals surface area (Å²) < 4.78 is 0. The molecule has 2 aromatic carbocycles. The second kappa shape index (κ2) is 7.95. The van der Waals surface area contributed by atoms with Crippen molar-refractivity contribution in [2.24, 2.45) is 10.9 Å². The van der Waals surface area contributed by atoms with Crippen molar-refractivity contribution in [3.63, 3.8) is 0 Å². The summed E-state index contributed by atoms with van der Waals surface area (Å²) in [5, 5.41) is 10.1. The molecule has 0 radical (unpaired) electrons. The van der Waals surface area contributed by atoms with E-state index in [0.717, 1.165) is 17.0 Å². The highest BCUT2D eigenvalue weighted by Gasteiger charge is 2.44. The molecule has 2 aromatic rings. The van der Waals surface area contributed by atoms with Gasteiger partial charge in [0.25, 0.3) is 11.8 Å². The summed E-state index contributed by atoms with van der Waals surface area (Å²) in [4.78, 5) is 46.1. The first kappa shape index (κ1) is 21.1. The van der Waals surface area contributed by atoms with E-state index in [0.29, 0.717) is 17.5 Å². The van der Waals surface area contributed by atoms with Gasteiger partial charge in [0.15, 0.2) is 0 Å². The number of carbonyl (C=O) groups is 3. The zero-order chi connectivity index (χ0) is 23.3. The van der Waals surface area contributed by atoms with E-state index in [9.17, 15) is 14.4 Å². The molecule has 0 aromatic heterocycles. The number of piperidine rings is 1. The third-order valence-electron chi connectivity index (χ3n) is 6.86. The van der Waals surface area contributed by atoms with Gasteiger partial charge in [0.1, 0.15) is 6.04 Å². The fourth-order valence-corrected chi connectivity index (χ4v) is 5.29. The minimum absolute atomic E-state index is 0.0568. The number of benzene rings is 2. The second-order valence-corrected chi connectivity index (χ2v) is 8.76. The molecule has 3 amide bonds. The summed E-state index contributed by atoms with van der Waals surface area (Å²) in [5.41, 5.74) is 3.96. The summed E-state index contributed by atoms with van der Waals surface area (Å²) >= 11 is 0. The molecule has 33 heavy (non-hydrogen) atoms. The molecule has 2 N–H and O–H groups in total. The van der Waals surface area contributed by atoms with Crippen LogP contribution in [0.25, 0.3) is 0 Å². The lowest BCUT2D eigenvalue weighted by Crippen LogP contribution is -2.54. The zero-order valence-electron chi connectivity index (χ0n) is 18.5. The number of aliphatic imine (C=N–C) groups is 1. The molecule has 0 saturated carbocycles. The Labute approximate surface area is 191 Å². The predicted molar refractivity (Wildman–Crippen MR) is 125 cm³/mol. The summed E-state index contributed by atoms with van der Waals surface area (Å²) in [6.07, 6.45) is 3.45. The van der Waals surface area contributed by atoms with Crippen LogP contribution in [0.2, 0.25) is 0 Å². The van der Waals surface area contributed by atoms with Gasteiger partial charge in [-0.05, 0) is 42.2 Å². The molecule has 2 unspecified atom stereocenters. The number of fused-ring (bicyclic) bond motifs is 2. The number of rotatable bonds is 4. The van der Waals surface area contributed by atoms with E-state index in [1.54, 1.807) is 19.2 Å². The molecule has 3 atom stereocenters. The number of nitrogens with zero attached hydrogens (tertiary/aromatic N) is 3. The third-order valence-corrected chi connectivity index (χ3v) is 6.86. The Morgan fingerprint density at radius 2 is 1.88 bits per heavy atom. The van der Waals surface area contributed by atoms with Crippen LogP contribution < -0.4 is 10.2 Å². The Bertz CT molecular complexity index is 1220. The number of amides is 3. The number of hydrogen-bond donors (Lipinski definition) is 2. The van der Waals surface area contributed by atoms with Crippen LogP contribution >= 0.6 is 0 Å². The summed E-state index contributed by atoms with van der Waals surface area (Å²) in [5.74, 6) is -1.10. The molecule has 0 spiro atoms. The van der Waals surface area contributed by atoms with E-state index in [4.69, 9.17) is 5.41 Å². The molecular weight excluding hydrogens is 418 g/mol. The van der Waals surface area contributed by atoms with Crippen molar-refractivity contribution < 1.29 is 14.4 Å². The maximum Gasteiger partial charge on any atom is 0.262 e. The SMILES string of the molecule is CN=CC1Cc2ccccc2[C@@H]1N(C)c1ccc2c(c1)C(=O)N(C1CCC(=N)NC1=O)C2=O. The number of imide groups is 1. The van der Waals surface area contributed by atoms with Gasteiger partial charge in [0, 0.05) is 38.3 Å². The molecule has 1 aliphatic carbocycles. The molecule has 2 aliphatic heterocycles. The van der Waals surface area contributed by atoms with Crippen molar-refractivity contribution in [1.29, 1.82) is 5.41 Å². The second-order valence-electron chi connectivity index (χ2n) is 8.76. The van der Waals surface area contributed by atoms with Gasteiger partial charge in [-0.3, -0.25) is 24.7 Å². The molecular formula is C25H25N5O3. The molecule has 5 rings (SSSR count). The molecule has 8 heteroatoms. The van der Waals surface area contributed by atoms with Gasteiger partial charge in [-0.2, -0.15) is 0 Å². The zero-order valence-corrected chi connectivity index (χ0v) is 18.5. The first-order chi connectivity index (χ1) is 15.9. The quantitative estimate of drug-likeness (QED) is 0.560. The van der Waals surface area contributed by atoms with Gasteiger partial charge in [-0.1, -0.05) is 24.3 Å². The first-order valence-corrected chi connectivity index (χ1v) is 11.0. The lowest BCUT2D eigenvalue weighted by Gasteiger charge is -2.31. The van der Waals surface area contributed by atoms with E-state index in [1.165, 1.54) is 11.1 Å². The van der Waals surface area contributed by atoms with E-state index in [1.807, 2.05) is 31.5 Å². The predicted octanol–water partition coefficient (Wildman–Crippen LogP) is 2.59. The molecule has 1 saturated heterocycles. The van der Waals surface area contributed by atoms with Crippen molar-refractivity contribution >= 4 is 35.5 Å². The van der Waals surface area contributed by atoms with Gasteiger partial charge in [-0.15, -0.1) is 0 Å². The topological polar surface area (TPSA) is 106 Å². The fourth-order valence-electron chi connectivity index (χ4n) is 5.29. The molecule has 8 nitrogen and oxygen atoms in total. The van der Waals surface area contributed by atoms with E-state index >= 15 is 0 Å². The van der Waals surface area contributed by atoms with Crippen molar-refractivity contribution in [3.8, 4) is 0 Å². The fraction of sp³-hybridized carbons (Fsp3) is 0.320. The Balaban J connectivity index is 1.47. The van der Waals surface area contributed by atoms with Crippen LogP contribution in [0, 0.1) is 11.3 Å². The monoisotopic (exact) mass is 443 g/mol. The van der Waals surface area contributed by atoms with Crippen LogP contribution in [-0.2, 0) is 11.2 Å². The largest absolute Gasteiger partial charge is 0.367 e. The minimum Gasteiger partial charge on any atom is -0.367 e. The molecule has 0 bridgehead atoms. The molecule has 168 valence electrons. The van der Waals surface area contributed by atoms with Crippen LogP contribution in [0.4, 0.5) is 5.69 Å². The highest BCUT2D eigenvalue weighted by molar-refractivity contribution is 6.23. The number of amidine groups is 1. The summed E-state index contributed by atoms with van der Waals surface area (Å²) in [7, 11) is 3.77. The van der Waals surface area contributed by atoms with Crippen LogP contribution in [0.15, 0.2) is 47.5 Å². The summed E-state index contributed by atoms with van der Waals surface area (Å²) in [6.45, 7) is 0. The van der Waals surface area contributed by atoms with Crippen molar-refractivity contribution in [2.75, 3.05) is 19.0 Å². The van der Waals surface area contributed by atoms with Gasteiger partial charge < -0.3 is 15.2 Å². The van der Waals surface area contributed by atoms with Gasteiger partial charge in [-0.25, -0.2) is 0 Å². The number of nitrogens with one attached hydrogen (secondary N) is 2. The molecule has 2 heterocycles. The van der Waals surface area contributed by atoms with E-state index < -0.39 is 23.8 Å². The Hall–Kier alpha value is -3.81. The first-order valence-electron chi connectivity index (χ1n) is 11.0. The Morgan fingerprint density at radius 1 is 1.12 bits per heavy atom. The maximum absolute atomic E-state index is 13.2. The van der Waals surface area contributed by atoms with E-state index in [-0.39, 0.29) is 24.2 Å². The number of anilines is 1. The van der Waals surface area contributed by atoms with Gasteiger partial charge in [0.2, 0.25) is 5.91 Å². The van der Waals surface area contributed by atoms with Crippen molar-refractivity contribution in [3.05, 3.63) is 64.7 Å². The smallest absolute Gasteiger partial charge is 0.262 e. The summed E-state index contributed by atoms with van der Waals surface area (Å²) in [6, 6.07) is 12.8. The minimum atomic E-state index is -0.889. The lowest BCUT2D eigenvalue weighted by molar-refractivity contribution is -0.124. The van der Waals surface area contributed by atoms with Crippen LogP contribution in [-0.4, -0.2) is 54.8 Å². The van der Waals surface area contributed by atoms with Gasteiger partial charge >= 0.3 is 0 Å². The number of hydrogen-bond acceptors (Lipinski definition) is 6. The molecule has 3 aliphatic rings.